The Balaban J connectivity index is 1.96. The standard InChI is InChI=1S/C19H17N5O2/c1-11-7-8-13(9-12(11)2)17-14-5-3-4-6-15(14)18(25)24(23-17)10-16-20-19(26)22-21-16/h3-9H,10H2,1-2H3,(H2,20,21,22,26). The Hall–Kier alpha value is -3.48. The SMILES string of the molecule is Cc1ccc(-c2nn(Cc3n[nH]c(=O)[nH]3)c(=O)c3ccccc23)cc1C. The Morgan fingerprint density at radius 1 is 1.00 bits per heavy atom. The first-order valence-electron chi connectivity index (χ1n) is 8.24. The molecule has 4 aromatic rings. The van der Waals surface area contributed by atoms with E-state index < -0.39 is 5.69 Å². The van der Waals surface area contributed by atoms with Crippen LogP contribution in [0.4, 0.5) is 0 Å². The lowest BCUT2D eigenvalue weighted by atomic mass is 10.0. The molecule has 0 spiro atoms. The van der Waals surface area contributed by atoms with E-state index >= 15 is 0 Å². The smallest absolute Gasteiger partial charge is 0.291 e. The zero-order valence-electron chi connectivity index (χ0n) is 14.4. The number of rotatable bonds is 3. The summed E-state index contributed by atoms with van der Waals surface area (Å²) in [5.41, 5.74) is 3.37. The number of nitrogens with zero attached hydrogens (tertiary/aromatic N) is 3. The zero-order valence-corrected chi connectivity index (χ0v) is 14.4. The molecule has 0 fully saturated rings. The highest BCUT2D eigenvalue weighted by Gasteiger charge is 2.13. The van der Waals surface area contributed by atoms with Gasteiger partial charge in [0, 0.05) is 10.9 Å². The fourth-order valence-electron chi connectivity index (χ4n) is 2.97. The summed E-state index contributed by atoms with van der Waals surface area (Å²) in [4.78, 5) is 26.6. The van der Waals surface area contributed by atoms with Crippen LogP contribution in [0.2, 0.25) is 0 Å². The van der Waals surface area contributed by atoms with Gasteiger partial charge in [-0.25, -0.2) is 14.6 Å². The summed E-state index contributed by atoms with van der Waals surface area (Å²) in [6, 6.07) is 13.5. The first kappa shape index (κ1) is 16.0. The van der Waals surface area contributed by atoms with Gasteiger partial charge >= 0.3 is 5.69 Å². The van der Waals surface area contributed by atoms with E-state index in [1.807, 2.05) is 37.3 Å². The van der Waals surface area contributed by atoms with Crippen molar-refractivity contribution in [1.82, 2.24) is 25.0 Å². The molecule has 0 unspecified atom stereocenters. The van der Waals surface area contributed by atoms with Crippen molar-refractivity contribution in [1.29, 1.82) is 0 Å². The van der Waals surface area contributed by atoms with E-state index in [2.05, 4.69) is 33.3 Å². The molecule has 7 nitrogen and oxygen atoms in total. The van der Waals surface area contributed by atoms with Crippen molar-refractivity contribution in [3.05, 3.63) is 80.3 Å². The normalized spacial score (nSPS) is 11.2. The molecule has 0 saturated carbocycles. The summed E-state index contributed by atoms with van der Waals surface area (Å²) in [7, 11) is 0. The third kappa shape index (κ3) is 2.73. The van der Waals surface area contributed by atoms with Crippen molar-refractivity contribution in [2.24, 2.45) is 0 Å². The molecular weight excluding hydrogens is 330 g/mol. The molecule has 4 rings (SSSR count). The Morgan fingerprint density at radius 2 is 1.77 bits per heavy atom. The van der Waals surface area contributed by atoms with Crippen LogP contribution < -0.4 is 11.2 Å². The van der Waals surface area contributed by atoms with Crippen LogP contribution in [0.25, 0.3) is 22.0 Å². The van der Waals surface area contributed by atoms with Gasteiger partial charge in [-0.05, 0) is 37.1 Å². The first-order valence-corrected chi connectivity index (χ1v) is 8.24. The number of fused-ring (bicyclic) bond motifs is 1. The van der Waals surface area contributed by atoms with Crippen LogP contribution >= 0.6 is 0 Å². The molecule has 2 N–H and O–H groups in total. The second kappa shape index (κ2) is 6.11. The minimum absolute atomic E-state index is 0.0836. The minimum Gasteiger partial charge on any atom is -0.291 e. The van der Waals surface area contributed by atoms with Crippen LogP contribution in [0.3, 0.4) is 0 Å². The van der Waals surface area contributed by atoms with Gasteiger partial charge in [0.15, 0.2) is 5.82 Å². The van der Waals surface area contributed by atoms with E-state index in [4.69, 9.17) is 0 Å². The van der Waals surface area contributed by atoms with Crippen molar-refractivity contribution in [2.45, 2.75) is 20.4 Å². The number of benzene rings is 2. The summed E-state index contributed by atoms with van der Waals surface area (Å²) in [6.07, 6.45) is 0. The highest BCUT2D eigenvalue weighted by atomic mass is 16.1. The van der Waals surface area contributed by atoms with Gasteiger partial charge in [0.05, 0.1) is 11.1 Å². The van der Waals surface area contributed by atoms with Gasteiger partial charge in [-0.15, -0.1) is 0 Å². The molecule has 0 saturated heterocycles. The Labute approximate surface area is 148 Å². The second-order valence-electron chi connectivity index (χ2n) is 6.28. The van der Waals surface area contributed by atoms with Crippen molar-refractivity contribution < 1.29 is 0 Å². The molecule has 7 heteroatoms. The average molecular weight is 347 g/mol. The molecule has 2 heterocycles. The Morgan fingerprint density at radius 3 is 2.46 bits per heavy atom. The summed E-state index contributed by atoms with van der Waals surface area (Å²) in [6.45, 7) is 4.19. The second-order valence-corrected chi connectivity index (χ2v) is 6.28. The van der Waals surface area contributed by atoms with E-state index in [1.165, 1.54) is 10.2 Å². The summed E-state index contributed by atoms with van der Waals surface area (Å²) < 4.78 is 1.33. The van der Waals surface area contributed by atoms with Gasteiger partial charge in [0.2, 0.25) is 0 Å². The predicted molar refractivity (Wildman–Crippen MR) is 99.2 cm³/mol. The van der Waals surface area contributed by atoms with Gasteiger partial charge in [-0.1, -0.05) is 30.3 Å². The number of hydrogen-bond acceptors (Lipinski definition) is 4. The van der Waals surface area contributed by atoms with Crippen molar-refractivity contribution in [2.75, 3.05) is 0 Å². The molecule has 0 bridgehead atoms. The van der Waals surface area contributed by atoms with E-state index in [1.54, 1.807) is 6.07 Å². The van der Waals surface area contributed by atoms with Crippen LogP contribution in [-0.4, -0.2) is 25.0 Å². The van der Waals surface area contributed by atoms with Gasteiger partial charge in [-0.3, -0.25) is 9.78 Å². The molecule has 2 aromatic carbocycles. The number of aryl methyl sites for hydroxylation is 2. The van der Waals surface area contributed by atoms with Crippen LogP contribution in [0, 0.1) is 13.8 Å². The van der Waals surface area contributed by atoms with E-state index in [0.29, 0.717) is 11.2 Å². The Kier molecular flexibility index (Phi) is 3.76. The van der Waals surface area contributed by atoms with Crippen molar-refractivity contribution >= 4 is 10.8 Å². The molecule has 0 aliphatic rings. The van der Waals surface area contributed by atoms with Crippen LogP contribution in [-0.2, 0) is 6.54 Å². The molecule has 0 radical (unpaired) electrons. The fraction of sp³-hybridized carbons (Fsp3) is 0.158. The third-order valence-electron chi connectivity index (χ3n) is 4.50. The maximum atomic E-state index is 12.8. The summed E-state index contributed by atoms with van der Waals surface area (Å²) >= 11 is 0. The van der Waals surface area contributed by atoms with Gasteiger partial charge in [0.1, 0.15) is 6.54 Å². The first-order chi connectivity index (χ1) is 12.5. The van der Waals surface area contributed by atoms with E-state index in [-0.39, 0.29) is 12.1 Å². The Bertz CT molecular complexity index is 1230. The number of nitrogens with one attached hydrogen (secondary N) is 2. The number of aromatic nitrogens is 5. The lowest BCUT2D eigenvalue weighted by Crippen LogP contribution is -2.25. The van der Waals surface area contributed by atoms with Crippen LogP contribution in [0.5, 0.6) is 0 Å². The largest absolute Gasteiger partial charge is 0.340 e. The topological polar surface area (TPSA) is 96.4 Å². The molecule has 0 aliphatic carbocycles. The number of hydrogen-bond donors (Lipinski definition) is 2. The quantitative estimate of drug-likeness (QED) is 0.593. The maximum absolute atomic E-state index is 12.8. The van der Waals surface area contributed by atoms with Crippen molar-refractivity contribution in [3.63, 3.8) is 0 Å². The minimum atomic E-state index is -0.414. The van der Waals surface area contributed by atoms with Crippen LogP contribution in [0.15, 0.2) is 52.1 Å². The van der Waals surface area contributed by atoms with Gasteiger partial charge in [-0.2, -0.15) is 10.2 Å². The monoisotopic (exact) mass is 347 g/mol. The zero-order chi connectivity index (χ0) is 18.3. The van der Waals surface area contributed by atoms with Gasteiger partial charge < -0.3 is 0 Å². The van der Waals surface area contributed by atoms with Crippen LogP contribution in [0.1, 0.15) is 17.0 Å². The lowest BCUT2D eigenvalue weighted by Gasteiger charge is -2.11. The molecule has 0 amide bonds. The molecule has 26 heavy (non-hydrogen) atoms. The lowest BCUT2D eigenvalue weighted by molar-refractivity contribution is 0.626. The predicted octanol–water partition coefficient (Wildman–Crippen LogP) is 2.14. The van der Waals surface area contributed by atoms with E-state index in [0.717, 1.165) is 22.2 Å². The molecule has 130 valence electrons. The molecule has 0 atom stereocenters. The molecular formula is C19H17N5O2. The van der Waals surface area contributed by atoms with E-state index in [9.17, 15) is 9.59 Å². The average Bonchev–Trinajstić information content (AvgIpc) is 3.05. The summed E-state index contributed by atoms with van der Waals surface area (Å²) in [5, 5.41) is 12.1. The molecule has 2 aromatic heterocycles. The van der Waals surface area contributed by atoms with Gasteiger partial charge in [0.25, 0.3) is 5.56 Å². The molecule has 0 aliphatic heterocycles. The van der Waals surface area contributed by atoms with Crippen molar-refractivity contribution in [3.8, 4) is 11.3 Å². The third-order valence-corrected chi connectivity index (χ3v) is 4.50. The number of aromatic amines is 2. The summed E-state index contributed by atoms with van der Waals surface area (Å²) in [5.74, 6) is 0.353. The maximum Gasteiger partial charge on any atom is 0.340 e. The highest BCUT2D eigenvalue weighted by molar-refractivity contribution is 5.93. The highest BCUT2D eigenvalue weighted by Crippen LogP contribution is 2.26. The fourth-order valence-corrected chi connectivity index (χ4v) is 2.97. The number of H-pyrrole nitrogens is 2.